The molecule has 0 aromatic heterocycles. The zero-order valence-corrected chi connectivity index (χ0v) is 18.1. The molecule has 0 saturated carbocycles. The standard InChI is InChI=1S/C27H29NO3/c1-3-4-8-20-11-17-24(18-12-20)28-25(19-26(29)22-9-6-5-7-10-22)21-13-15-23(16-14-21)27(30)31-2/h5-7,9-18,25,28H,3-4,8,19H2,1-2H3/t25-/m1/s1. The number of anilines is 1. The molecule has 4 heteroatoms. The highest BCUT2D eigenvalue weighted by atomic mass is 16.5. The van der Waals surface area contributed by atoms with Gasteiger partial charge in [-0.1, -0.05) is 67.9 Å². The molecule has 0 radical (unpaired) electrons. The number of benzene rings is 3. The lowest BCUT2D eigenvalue weighted by atomic mass is 9.96. The normalized spacial score (nSPS) is 11.5. The SMILES string of the molecule is CCCCc1ccc(N[C@H](CC(=O)c2ccccc2)c2ccc(C(=O)OC)cc2)cc1. The number of rotatable bonds is 10. The fourth-order valence-corrected chi connectivity index (χ4v) is 3.50. The van der Waals surface area contributed by atoms with Crippen LogP contribution in [0.2, 0.25) is 0 Å². The quantitative estimate of drug-likeness (QED) is 0.314. The van der Waals surface area contributed by atoms with Crippen molar-refractivity contribution in [1.82, 2.24) is 0 Å². The van der Waals surface area contributed by atoms with Gasteiger partial charge in [0.1, 0.15) is 0 Å². The van der Waals surface area contributed by atoms with E-state index in [0.29, 0.717) is 17.5 Å². The average Bonchev–Trinajstić information content (AvgIpc) is 2.83. The number of carbonyl (C=O) groups is 2. The summed E-state index contributed by atoms with van der Waals surface area (Å²) < 4.78 is 4.79. The lowest BCUT2D eigenvalue weighted by Gasteiger charge is -2.21. The second-order valence-electron chi connectivity index (χ2n) is 7.60. The maximum Gasteiger partial charge on any atom is 0.337 e. The Bertz CT molecular complexity index is 979. The molecule has 0 heterocycles. The number of hydrogen-bond acceptors (Lipinski definition) is 4. The van der Waals surface area contributed by atoms with E-state index in [4.69, 9.17) is 4.74 Å². The summed E-state index contributed by atoms with van der Waals surface area (Å²) in [6.45, 7) is 2.19. The molecular formula is C27H29NO3. The van der Waals surface area contributed by atoms with Crippen molar-refractivity contribution in [2.75, 3.05) is 12.4 Å². The number of aryl methyl sites for hydroxylation is 1. The number of ether oxygens (including phenoxy) is 1. The van der Waals surface area contributed by atoms with Crippen LogP contribution in [0.1, 0.15) is 64.1 Å². The van der Waals surface area contributed by atoms with Gasteiger partial charge in [0.25, 0.3) is 0 Å². The van der Waals surface area contributed by atoms with Crippen LogP contribution in [0, 0.1) is 0 Å². The van der Waals surface area contributed by atoms with Crippen LogP contribution in [-0.2, 0) is 11.2 Å². The molecule has 0 saturated heterocycles. The summed E-state index contributed by atoms with van der Waals surface area (Å²) in [6.07, 6.45) is 3.72. The molecule has 0 unspecified atom stereocenters. The number of nitrogens with one attached hydrogen (secondary N) is 1. The van der Waals surface area contributed by atoms with Crippen molar-refractivity contribution in [3.05, 3.63) is 101 Å². The molecule has 3 rings (SSSR count). The molecule has 0 aliphatic heterocycles. The van der Waals surface area contributed by atoms with Crippen LogP contribution < -0.4 is 5.32 Å². The van der Waals surface area contributed by atoms with Crippen molar-refractivity contribution in [2.45, 2.75) is 38.6 Å². The first-order chi connectivity index (χ1) is 15.1. The first kappa shape index (κ1) is 22.3. The Morgan fingerprint density at radius 3 is 2.16 bits per heavy atom. The Balaban J connectivity index is 1.81. The Morgan fingerprint density at radius 1 is 0.871 bits per heavy atom. The zero-order chi connectivity index (χ0) is 22.1. The first-order valence-electron chi connectivity index (χ1n) is 10.7. The van der Waals surface area contributed by atoms with E-state index >= 15 is 0 Å². The van der Waals surface area contributed by atoms with Gasteiger partial charge in [-0.15, -0.1) is 0 Å². The van der Waals surface area contributed by atoms with Gasteiger partial charge in [-0.2, -0.15) is 0 Å². The molecule has 0 amide bonds. The predicted octanol–water partition coefficient (Wildman–Crippen LogP) is 6.24. The molecule has 0 bridgehead atoms. The summed E-state index contributed by atoms with van der Waals surface area (Å²) in [6, 6.07) is 24.7. The van der Waals surface area contributed by atoms with Gasteiger partial charge in [-0.05, 0) is 48.2 Å². The number of ketones is 1. The van der Waals surface area contributed by atoms with Gasteiger partial charge in [0, 0.05) is 17.7 Å². The molecule has 3 aromatic rings. The maximum atomic E-state index is 12.9. The lowest BCUT2D eigenvalue weighted by molar-refractivity contribution is 0.0600. The van der Waals surface area contributed by atoms with Gasteiger partial charge in [0.05, 0.1) is 18.7 Å². The summed E-state index contributed by atoms with van der Waals surface area (Å²) in [7, 11) is 1.36. The van der Waals surface area contributed by atoms with E-state index in [2.05, 4.69) is 36.5 Å². The summed E-state index contributed by atoms with van der Waals surface area (Å²) in [5.41, 5.74) is 4.39. The minimum Gasteiger partial charge on any atom is -0.465 e. The van der Waals surface area contributed by atoms with Crippen molar-refractivity contribution >= 4 is 17.4 Å². The molecule has 0 aliphatic rings. The lowest BCUT2D eigenvalue weighted by Crippen LogP contribution is -2.16. The fraction of sp³-hybridized carbons (Fsp3) is 0.259. The largest absolute Gasteiger partial charge is 0.465 e. The van der Waals surface area contributed by atoms with Crippen LogP contribution in [0.3, 0.4) is 0 Å². The van der Waals surface area contributed by atoms with E-state index in [-0.39, 0.29) is 17.8 Å². The van der Waals surface area contributed by atoms with E-state index in [1.165, 1.54) is 25.5 Å². The van der Waals surface area contributed by atoms with E-state index in [1.807, 2.05) is 42.5 Å². The summed E-state index contributed by atoms with van der Waals surface area (Å²) in [4.78, 5) is 24.7. The minimum absolute atomic E-state index is 0.0645. The smallest absolute Gasteiger partial charge is 0.337 e. The fourth-order valence-electron chi connectivity index (χ4n) is 3.50. The molecule has 1 N–H and O–H groups in total. The van der Waals surface area contributed by atoms with Gasteiger partial charge >= 0.3 is 5.97 Å². The van der Waals surface area contributed by atoms with Crippen molar-refractivity contribution in [1.29, 1.82) is 0 Å². The number of esters is 1. The van der Waals surface area contributed by atoms with Crippen LogP contribution in [0.15, 0.2) is 78.9 Å². The van der Waals surface area contributed by atoms with Crippen molar-refractivity contribution in [2.24, 2.45) is 0 Å². The molecule has 31 heavy (non-hydrogen) atoms. The van der Waals surface area contributed by atoms with E-state index in [0.717, 1.165) is 17.7 Å². The molecule has 0 spiro atoms. The van der Waals surface area contributed by atoms with Gasteiger partial charge in [-0.25, -0.2) is 4.79 Å². The van der Waals surface area contributed by atoms with Gasteiger partial charge in [0.2, 0.25) is 0 Å². The Labute approximate surface area is 184 Å². The third-order valence-electron chi connectivity index (χ3n) is 5.33. The third kappa shape index (κ3) is 6.29. The third-order valence-corrected chi connectivity index (χ3v) is 5.33. The van der Waals surface area contributed by atoms with Crippen molar-refractivity contribution in [3.63, 3.8) is 0 Å². The Hall–Kier alpha value is -3.40. The monoisotopic (exact) mass is 415 g/mol. The Kier molecular flexibility index (Phi) is 7.99. The van der Waals surface area contributed by atoms with E-state index < -0.39 is 0 Å². The summed E-state index contributed by atoms with van der Waals surface area (Å²) in [5, 5.41) is 3.50. The number of unbranched alkanes of at least 4 members (excludes halogenated alkanes) is 1. The second kappa shape index (κ2) is 11.1. The molecule has 0 aliphatic carbocycles. The summed E-state index contributed by atoms with van der Waals surface area (Å²) >= 11 is 0. The molecule has 3 aromatic carbocycles. The first-order valence-corrected chi connectivity index (χ1v) is 10.7. The number of hydrogen-bond donors (Lipinski definition) is 1. The zero-order valence-electron chi connectivity index (χ0n) is 18.1. The molecule has 4 nitrogen and oxygen atoms in total. The topological polar surface area (TPSA) is 55.4 Å². The van der Waals surface area contributed by atoms with Gasteiger partial charge in [0.15, 0.2) is 5.78 Å². The Morgan fingerprint density at radius 2 is 1.55 bits per heavy atom. The second-order valence-corrected chi connectivity index (χ2v) is 7.60. The van der Waals surface area contributed by atoms with Gasteiger partial charge < -0.3 is 10.1 Å². The van der Waals surface area contributed by atoms with E-state index in [9.17, 15) is 9.59 Å². The minimum atomic E-state index is -0.376. The summed E-state index contributed by atoms with van der Waals surface area (Å²) in [5.74, 6) is -0.311. The highest BCUT2D eigenvalue weighted by Gasteiger charge is 2.18. The number of Topliss-reactive ketones (excluding diaryl/α,β-unsaturated/α-hetero) is 1. The molecule has 1 atom stereocenters. The average molecular weight is 416 g/mol. The van der Waals surface area contributed by atoms with Crippen LogP contribution in [0.25, 0.3) is 0 Å². The van der Waals surface area contributed by atoms with Crippen LogP contribution in [-0.4, -0.2) is 18.9 Å². The maximum absolute atomic E-state index is 12.9. The van der Waals surface area contributed by atoms with Gasteiger partial charge in [-0.3, -0.25) is 4.79 Å². The van der Waals surface area contributed by atoms with E-state index in [1.54, 1.807) is 12.1 Å². The highest BCUT2D eigenvalue weighted by molar-refractivity contribution is 5.96. The van der Waals surface area contributed by atoms with Crippen molar-refractivity contribution < 1.29 is 14.3 Å². The molecular weight excluding hydrogens is 386 g/mol. The predicted molar refractivity (Wildman–Crippen MR) is 125 cm³/mol. The molecule has 160 valence electrons. The van der Waals surface area contributed by atoms with Crippen LogP contribution >= 0.6 is 0 Å². The van der Waals surface area contributed by atoms with Crippen LogP contribution in [0.4, 0.5) is 5.69 Å². The number of carbonyl (C=O) groups excluding carboxylic acids is 2. The number of methoxy groups -OCH3 is 1. The highest BCUT2D eigenvalue weighted by Crippen LogP contribution is 2.26. The van der Waals surface area contributed by atoms with Crippen LogP contribution in [0.5, 0.6) is 0 Å². The van der Waals surface area contributed by atoms with Crippen molar-refractivity contribution in [3.8, 4) is 0 Å². The molecule has 0 fully saturated rings.